The Labute approximate surface area is 87.8 Å². The molecule has 0 aliphatic rings. The van der Waals surface area contributed by atoms with Crippen molar-refractivity contribution in [3.8, 4) is 0 Å². The van der Waals surface area contributed by atoms with Crippen molar-refractivity contribution >= 4 is 17.3 Å². The monoisotopic (exact) mass is 204 g/mol. The minimum atomic E-state index is 0.504. The van der Waals surface area contributed by atoms with E-state index in [1.54, 1.807) is 0 Å². The molecule has 0 atom stereocenters. The molecule has 0 unspecified atom stereocenters. The van der Waals surface area contributed by atoms with E-state index in [0.717, 1.165) is 0 Å². The Morgan fingerprint density at radius 3 is 1.67 bits per heavy atom. The van der Waals surface area contributed by atoms with Gasteiger partial charge >= 0.3 is 0 Å². The molecule has 0 bridgehead atoms. The maximum absolute atomic E-state index is 3.80. The second kappa shape index (κ2) is 5.38. The zero-order valence-corrected chi connectivity index (χ0v) is 8.20. The normalized spacial score (nSPS) is 8.80. The van der Waals surface area contributed by atoms with Crippen LogP contribution in [0, 0.1) is 0 Å². The standard InChI is InChI=1S/C9H12N6/c1-4-10-7-8(11-5-2)13-15-14-9(7)12-6-3/h4-6H,1-3H2,(H,10,15)(H2,11,12,13,14). The van der Waals surface area contributed by atoms with Crippen molar-refractivity contribution in [2.45, 2.75) is 0 Å². The number of aromatic nitrogens is 3. The number of rotatable bonds is 6. The Hall–Kier alpha value is -2.37. The molecule has 1 aromatic rings. The van der Waals surface area contributed by atoms with Crippen molar-refractivity contribution in [1.29, 1.82) is 0 Å². The first-order chi connectivity index (χ1) is 7.33. The molecule has 15 heavy (non-hydrogen) atoms. The van der Waals surface area contributed by atoms with Crippen molar-refractivity contribution in [2.24, 2.45) is 0 Å². The van der Waals surface area contributed by atoms with E-state index < -0.39 is 0 Å². The van der Waals surface area contributed by atoms with Gasteiger partial charge in [0.1, 0.15) is 5.69 Å². The van der Waals surface area contributed by atoms with Gasteiger partial charge in [-0.2, -0.15) is 0 Å². The smallest absolute Gasteiger partial charge is 0.182 e. The predicted molar refractivity (Wildman–Crippen MR) is 61.3 cm³/mol. The zero-order chi connectivity index (χ0) is 11.1. The van der Waals surface area contributed by atoms with Gasteiger partial charge in [0, 0.05) is 0 Å². The van der Waals surface area contributed by atoms with Gasteiger partial charge < -0.3 is 16.0 Å². The van der Waals surface area contributed by atoms with Crippen LogP contribution in [0.4, 0.5) is 17.3 Å². The Balaban J connectivity index is 3.13. The number of nitrogens with zero attached hydrogens (tertiary/aromatic N) is 3. The molecule has 0 saturated heterocycles. The van der Waals surface area contributed by atoms with Crippen LogP contribution in [-0.2, 0) is 0 Å². The van der Waals surface area contributed by atoms with Crippen molar-refractivity contribution < 1.29 is 0 Å². The summed E-state index contributed by atoms with van der Waals surface area (Å²) in [5, 5.41) is 19.7. The summed E-state index contributed by atoms with van der Waals surface area (Å²) in [4.78, 5) is 0. The van der Waals surface area contributed by atoms with Crippen LogP contribution in [0.5, 0.6) is 0 Å². The van der Waals surface area contributed by atoms with Crippen molar-refractivity contribution in [2.75, 3.05) is 16.0 Å². The lowest BCUT2D eigenvalue weighted by molar-refractivity contribution is 0.878. The summed E-state index contributed by atoms with van der Waals surface area (Å²) in [6, 6.07) is 0. The third kappa shape index (κ3) is 2.53. The fourth-order valence-electron chi connectivity index (χ4n) is 0.958. The lowest BCUT2D eigenvalue weighted by Crippen LogP contribution is -2.06. The minimum Gasteiger partial charge on any atom is -0.356 e. The fraction of sp³-hybridized carbons (Fsp3) is 0. The summed E-state index contributed by atoms with van der Waals surface area (Å²) in [6.07, 6.45) is 4.51. The summed E-state index contributed by atoms with van der Waals surface area (Å²) >= 11 is 0. The highest BCUT2D eigenvalue weighted by Crippen LogP contribution is 2.25. The number of anilines is 3. The van der Waals surface area contributed by atoms with Gasteiger partial charge in [-0.15, -0.1) is 10.2 Å². The third-order valence-electron chi connectivity index (χ3n) is 1.49. The predicted octanol–water partition coefficient (Wildman–Crippen LogP) is 1.54. The molecule has 3 N–H and O–H groups in total. The summed E-state index contributed by atoms with van der Waals surface area (Å²) in [6.45, 7) is 10.6. The third-order valence-corrected chi connectivity index (χ3v) is 1.49. The van der Waals surface area contributed by atoms with Crippen LogP contribution in [0.3, 0.4) is 0 Å². The fourth-order valence-corrected chi connectivity index (χ4v) is 0.958. The van der Waals surface area contributed by atoms with Crippen LogP contribution < -0.4 is 16.0 Å². The molecular formula is C9H12N6. The van der Waals surface area contributed by atoms with Gasteiger partial charge in [-0.3, -0.25) is 0 Å². The molecule has 0 aliphatic heterocycles. The van der Waals surface area contributed by atoms with Crippen molar-refractivity contribution in [3.05, 3.63) is 38.3 Å². The quantitative estimate of drug-likeness (QED) is 0.652. The van der Waals surface area contributed by atoms with E-state index in [9.17, 15) is 0 Å². The van der Waals surface area contributed by atoms with Crippen molar-refractivity contribution in [3.63, 3.8) is 0 Å². The summed E-state index contributed by atoms with van der Waals surface area (Å²) in [5.74, 6) is 1.01. The lowest BCUT2D eigenvalue weighted by atomic mass is 10.4. The van der Waals surface area contributed by atoms with E-state index in [0.29, 0.717) is 17.3 Å². The van der Waals surface area contributed by atoms with Crippen molar-refractivity contribution in [1.82, 2.24) is 15.4 Å². The molecule has 0 amide bonds. The molecule has 1 aromatic heterocycles. The van der Waals surface area contributed by atoms with Gasteiger partial charge in [0.25, 0.3) is 0 Å². The molecule has 6 heteroatoms. The second-order valence-corrected chi connectivity index (χ2v) is 2.41. The Bertz CT molecular complexity index is 345. The van der Waals surface area contributed by atoms with Gasteiger partial charge in [0.05, 0.1) is 0 Å². The van der Waals surface area contributed by atoms with E-state index in [4.69, 9.17) is 0 Å². The first kappa shape index (κ1) is 10.7. The van der Waals surface area contributed by atoms with E-state index in [1.807, 2.05) is 0 Å². The van der Waals surface area contributed by atoms with Gasteiger partial charge in [0.15, 0.2) is 11.6 Å². The first-order valence-electron chi connectivity index (χ1n) is 4.19. The van der Waals surface area contributed by atoms with Gasteiger partial charge in [-0.05, 0) is 23.8 Å². The van der Waals surface area contributed by atoms with E-state index in [2.05, 4.69) is 51.1 Å². The average molecular weight is 204 g/mol. The van der Waals surface area contributed by atoms with Gasteiger partial charge in [-0.1, -0.05) is 19.7 Å². The molecule has 0 radical (unpaired) electrons. The van der Waals surface area contributed by atoms with E-state index in [-0.39, 0.29) is 0 Å². The molecule has 1 rings (SSSR count). The maximum atomic E-state index is 3.80. The molecule has 6 nitrogen and oxygen atoms in total. The largest absolute Gasteiger partial charge is 0.356 e. The van der Waals surface area contributed by atoms with Crippen LogP contribution in [0.25, 0.3) is 0 Å². The highest BCUT2D eigenvalue weighted by Gasteiger charge is 2.09. The van der Waals surface area contributed by atoms with E-state index in [1.165, 1.54) is 18.6 Å². The molecule has 0 fully saturated rings. The molecular weight excluding hydrogens is 192 g/mol. The molecule has 78 valence electrons. The Morgan fingerprint density at radius 1 is 0.800 bits per heavy atom. The van der Waals surface area contributed by atoms with Crippen LogP contribution in [0.2, 0.25) is 0 Å². The van der Waals surface area contributed by atoms with Crippen LogP contribution in [0.15, 0.2) is 38.3 Å². The van der Waals surface area contributed by atoms with Gasteiger partial charge in [-0.25, -0.2) is 0 Å². The molecule has 0 spiro atoms. The highest BCUT2D eigenvalue weighted by atomic mass is 15.4. The molecule has 0 aromatic carbocycles. The summed E-state index contributed by atoms with van der Waals surface area (Å²) < 4.78 is 0. The molecule has 1 heterocycles. The molecule has 0 aliphatic carbocycles. The number of hydrogen-bond donors (Lipinski definition) is 3. The Morgan fingerprint density at radius 2 is 1.27 bits per heavy atom. The minimum absolute atomic E-state index is 0.504. The van der Waals surface area contributed by atoms with Crippen LogP contribution in [0.1, 0.15) is 0 Å². The van der Waals surface area contributed by atoms with E-state index >= 15 is 0 Å². The summed E-state index contributed by atoms with van der Waals surface area (Å²) in [5.41, 5.74) is 0.625. The van der Waals surface area contributed by atoms with Crippen LogP contribution >= 0.6 is 0 Å². The zero-order valence-electron chi connectivity index (χ0n) is 8.20. The number of hydrogen-bond acceptors (Lipinski definition) is 6. The van der Waals surface area contributed by atoms with Crippen LogP contribution in [-0.4, -0.2) is 15.4 Å². The lowest BCUT2D eigenvalue weighted by Gasteiger charge is -2.10. The highest BCUT2D eigenvalue weighted by molar-refractivity contribution is 5.77. The molecule has 0 saturated carbocycles. The average Bonchev–Trinajstić information content (AvgIpc) is 2.23. The SMILES string of the molecule is C=CNc1nnnc(NC=C)c1NC=C. The summed E-state index contributed by atoms with van der Waals surface area (Å²) in [7, 11) is 0. The Kier molecular flexibility index (Phi) is 3.84. The maximum Gasteiger partial charge on any atom is 0.182 e. The number of nitrogens with one attached hydrogen (secondary N) is 3. The topological polar surface area (TPSA) is 74.8 Å². The first-order valence-corrected chi connectivity index (χ1v) is 4.19. The second-order valence-electron chi connectivity index (χ2n) is 2.41. The van der Waals surface area contributed by atoms with Gasteiger partial charge in [0.2, 0.25) is 0 Å².